The summed E-state index contributed by atoms with van der Waals surface area (Å²) in [6.45, 7) is 13.5. The van der Waals surface area contributed by atoms with Crippen molar-refractivity contribution in [1.82, 2.24) is 5.32 Å². The van der Waals surface area contributed by atoms with Crippen molar-refractivity contribution in [3.05, 3.63) is 89.0 Å². The smallest absolute Gasteiger partial charge is 0.193 e. The summed E-state index contributed by atoms with van der Waals surface area (Å²) < 4.78 is 11.4. The number of carbonyl (C=O) groups is 1. The summed E-state index contributed by atoms with van der Waals surface area (Å²) in [7, 11) is 0. The molecule has 0 aliphatic rings. The SMILES string of the molecule is CCOc1ccc([C@@H](C)NC(=S)Nc2cccc(C(=O)c3ccc(C(C)(C)C)cc3)c2)cc1OCC. The lowest BCUT2D eigenvalue weighted by Crippen LogP contribution is -2.31. The number of thiocarbonyl (C=S) groups is 1. The highest BCUT2D eigenvalue weighted by molar-refractivity contribution is 7.80. The fourth-order valence-corrected chi connectivity index (χ4v) is 4.11. The van der Waals surface area contributed by atoms with Gasteiger partial charge in [-0.2, -0.15) is 0 Å². The number of nitrogens with one attached hydrogen (secondary N) is 2. The van der Waals surface area contributed by atoms with Crippen LogP contribution in [0.15, 0.2) is 66.7 Å². The number of ether oxygens (including phenoxy) is 2. The first-order chi connectivity index (χ1) is 17.1. The quantitative estimate of drug-likeness (QED) is 0.240. The predicted octanol–water partition coefficient (Wildman–Crippen LogP) is 7.06. The molecule has 6 heteroatoms. The van der Waals surface area contributed by atoms with Gasteiger partial charge in [0.25, 0.3) is 0 Å². The minimum absolute atomic E-state index is 0.0239. The maximum atomic E-state index is 13.1. The van der Waals surface area contributed by atoms with Crippen LogP contribution in [-0.2, 0) is 5.41 Å². The molecule has 2 N–H and O–H groups in total. The molecule has 3 aromatic carbocycles. The average Bonchev–Trinajstić information content (AvgIpc) is 2.84. The first kappa shape index (κ1) is 27.2. The lowest BCUT2D eigenvalue weighted by molar-refractivity contribution is 0.103. The minimum Gasteiger partial charge on any atom is -0.490 e. The van der Waals surface area contributed by atoms with Gasteiger partial charge in [-0.25, -0.2) is 0 Å². The first-order valence-electron chi connectivity index (χ1n) is 12.3. The van der Waals surface area contributed by atoms with Crippen LogP contribution < -0.4 is 20.1 Å². The van der Waals surface area contributed by atoms with E-state index in [0.717, 1.165) is 17.0 Å². The van der Waals surface area contributed by atoms with E-state index in [1.165, 1.54) is 5.56 Å². The molecule has 36 heavy (non-hydrogen) atoms. The van der Waals surface area contributed by atoms with E-state index in [1.807, 2.05) is 87.5 Å². The number of rotatable bonds is 9. The van der Waals surface area contributed by atoms with Gasteiger partial charge in [0.2, 0.25) is 0 Å². The molecule has 0 saturated heterocycles. The molecule has 0 unspecified atom stereocenters. The van der Waals surface area contributed by atoms with Crippen molar-refractivity contribution in [2.45, 2.75) is 53.0 Å². The van der Waals surface area contributed by atoms with Gasteiger partial charge in [-0.1, -0.05) is 63.2 Å². The van der Waals surface area contributed by atoms with Crippen LogP contribution >= 0.6 is 12.2 Å². The van der Waals surface area contributed by atoms with Crippen molar-refractivity contribution in [3.63, 3.8) is 0 Å². The third-order valence-corrected chi connectivity index (χ3v) is 6.03. The van der Waals surface area contributed by atoms with Crippen LogP contribution in [0.25, 0.3) is 0 Å². The molecule has 0 fully saturated rings. The molecular formula is C30H36N2O3S. The Balaban J connectivity index is 1.67. The van der Waals surface area contributed by atoms with Crippen LogP contribution in [0.5, 0.6) is 11.5 Å². The van der Waals surface area contributed by atoms with Crippen molar-refractivity contribution in [2.75, 3.05) is 18.5 Å². The Kier molecular flexibility index (Phi) is 9.10. The lowest BCUT2D eigenvalue weighted by atomic mass is 9.86. The van der Waals surface area contributed by atoms with E-state index in [4.69, 9.17) is 21.7 Å². The highest BCUT2D eigenvalue weighted by Gasteiger charge is 2.16. The maximum Gasteiger partial charge on any atom is 0.193 e. The second-order valence-electron chi connectivity index (χ2n) is 9.63. The lowest BCUT2D eigenvalue weighted by Gasteiger charge is -2.20. The van der Waals surface area contributed by atoms with E-state index in [2.05, 4.69) is 31.4 Å². The average molecular weight is 505 g/mol. The summed E-state index contributed by atoms with van der Waals surface area (Å²) in [5, 5.41) is 6.97. The Hall–Kier alpha value is -3.38. The van der Waals surface area contributed by atoms with Gasteiger partial charge in [0, 0.05) is 16.8 Å². The Morgan fingerprint density at radius 2 is 1.56 bits per heavy atom. The van der Waals surface area contributed by atoms with E-state index in [-0.39, 0.29) is 17.2 Å². The molecule has 0 radical (unpaired) electrons. The number of hydrogen-bond acceptors (Lipinski definition) is 4. The molecule has 5 nitrogen and oxygen atoms in total. The zero-order valence-electron chi connectivity index (χ0n) is 22.0. The van der Waals surface area contributed by atoms with Crippen LogP contribution in [0.3, 0.4) is 0 Å². The zero-order chi connectivity index (χ0) is 26.3. The third kappa shape index (κ3) is 7.08. The van der Waals surface area contributed by atoms with Crippen LogP contribution in [0.2, 0.25) is 0 Å². The Morgan fingerprint density at radius 1 is 0.889 bits per heavy atom. The molecular weight excluding hydrogens is 468 g/mol. The van der Waals surface area contributed by atoms with Gasteiger partial charge in [-0.15, -0.1) is 0 Å². The Labute approximate surface area is 220 Å². The number of benzene rings is 3. The van der Waals surface area contributed by atoms with E-state index in [9.17, 15) is 4.79 Å². The van der Waals surface area contributed by atoms with Crippen LogP contribution in [-0.4, -0.2) is 24.1 Å². The van der Waals surface area contributed by atoms with Crippen molar-refractivity contribution in [1.29, 1.82) is 0 Å². The van der Waals surface area contributed by atoms with E-state index in [0.29, 0.717) is 35.2 Å². The minimum atomic E-state index is -0.0639. The summed E-state index contributed by atoms with van der Waals surface area (Å²) in [6, 6.07) is 21.0. The molecule has 0 spiro atoms. The number of anilines is 1. The van der Waals surface area contributed by atoms with E-state index >= 15 is 0 Å². The fraction of sp³-hybridized carbons (Fsp3) is 0.333. The summed E-state index contributed by atoms with van der Waals surface area (Å²) in [6.07, 6.45) is 0. The highest BCUT2D eigenvalue weighted by Crippen LogP contribution is 2.31. The van der Waals surface area contributed by atoms with E-state index < -0.39 is 0 Å². The van der Waals surface area contributed by atoms with Gasteiger partial charge < -0.3 is 20.1 Å². The molecule has 0 heterocycles. The Bertz CT molecular complexity index is 1200. The molecule has 0 aromatic heterocycles. The van der Waals surface area contributed by atoms with Crippen molar-refractivity contribution >= 4 is 28.8 Å². The number of carbonyl (C=O) groups excluding carboxylic acids is 1. The van der Waals surface area contributed by atoms with E-state index in [1.54, 1.807) is 0 Å². The monoisotopic (exact) mass is 504 g/mol. The molecule has 0 saturated carbocycles. The van der Waals surface area contributed by atoms with Gasteiger partial charge in [-0.3, -0.25) is 4.79 Å². The van der Waals surface area contributed by atoms with Crippen LogP contribution in [0.1, 0.15) is 74.6 Å². The molecule has 190 valence electrons. The first-order valence-corrected chi connectivity index (χ1v) is 12.8. The summed E-state index contributed by atoms with van der Waals surface area (Å²) in [5.74, 6) is 1.42. The molecule has 0 aliphatic carbocycles. The standard InChI is InChI=1S/C30H36N2O3S/c1-7-34-26-17-14-22(19-27(26)35-8-2)20(3)31-29(36)32-25-11-9-10-23(18-25)28(33)21-12-15-24(16-13-21)30(4,5)6/h9-20H,7-8H2,1-6H3,(H2,31,32,36)/t20-/m1/s1. The van der Waals surface area contributed by atoms with Gasteiger partial charge in [-0.05, 0) is 73.8 Å². The Morgan fingerprint density at radius 3 is 2.19 bits per heavy atom. The van der Waals surface area contributed by atoms with Gasteiger partial charge in [0.05, 0.1) is 19.3 Å². The van der Waals surface area contributed by atoms with Crippen molar-refractivity contribution in [2.24, 2.45) is 0 Å². The maximum absolute atomic E-state index is 13.1. The summed E-state index contributed by atoms with van der Waals surface area (Å²) in [4.78, 5) is 13.1. The normalized spacial score (nSPS) is 11.9. The topological polar surface area (TPSA) is 59.6 Å². The van der Waals surface area contributed by atoms with Crippen molar-refractivity contribution in [3.8, 4) is 11.5 Å². The highest BCUT2D eigenvalue weighted by atomic mass is 32.1. The summed E-state index contributed by atoms with van der Waals surface area (Å²) in [5.41, 5.74) is 4.27. The van der Waals surface area contributed by atoms with Gasteiger partial charge in [0.1, 0.15) is 0 Å². The summed E-state index contributed by atoms with van der Waals surface area (Å²) >= 11 is 5.55. The second kappa shape index (κ2) is 12.0. The van der Waals surface area contributed by atoms with Crippen LogP contribution in [0.4, 0.5) is 5.69 Å². The molecule has 3 aromatic rings. The molecule has 0 aliphatic heterocycles. The van der Waals surface area contributed by atoms with Crippen LogP contribution in [0, 0.1) is 0 Å². The number of hydrogen-bond donors (Lipinski definition) is 2. The van der Waals surface area contributed by atoms with Crippen molar-refractivity contribution < 1.29 is 14.3 Å². The molecule has 1 atom stereocenters. The molecule has 0 amide bonds. The fourth-order valence-electron chi connectivity index (χ4n) is 3.81. The molecule has 0 bridgehead atoms. The van der Waals surface area contributed by atoms with Gasteiger partial charge >= 0.3 is 0 Å². The number of ketones is 1. The largest absolute Gasteiger partial charge is 0.490 e. The zero-order valence-corrected chi connectivity index (χ0v) is 22.8. The third-order valence-electron chi connectivity index (χ3n) is 5.81. The molecule has 3 rings (SSSR count). The second-order valence-corrected chi connectivity index (χ2v) is 10.0. The van der Waals surface area contributed by atoms with Gasteiger partial charge in [0.15, 0.2) is 22.4 Å². The predicted molar refractivity (Wildman–Crippen MR) is 152 cm³/mol.